The zero-order valence-corrected chi connectivity index (χ0v) is 19.7. The highest BCUT2D eigenvalue weighted by Gasteiger charge is 2.47. The fourth-order valence-corrected chi connectivity index (χ4v) is 3.99. The zero-order valence-electron chi connectivity index (χ0n) is 19.7. The average molecular weight is 475 g/mol. The van der Waals surface area contributed by atoms with Crippen LogP contribution in [-0.2, 0) is 9.59 Å². The van der Waals surface area contributed by atoms with Gasteiger partial charge in [-0.05, 0) is 60.5 Å². The van der Waals surface area contributed by atoms with Gasteiger partial charge in [0.2, 0.25) is 0 Å². The van der Waals surface area contributed by atoms with Gasteiger partial charge in [0.25, 0.3) is 5.78 Å². The number of ketones is 1. The molecule has 2 heterocycles. The molecule has 0 radical (unpaired) electrons. The van der Waals surface area contributed by atoms with E-state index in [-0.39, 0.29) is 17.2 Å². The van der Waals surface area contributed by atoms with Gasteiger partial charge in [-0.2, -0.15) is 0 Å². The summed E-state index contributed by atoms with van der Waals surface area (Å²) in [7, 11) is 3.02. The smallest absolute Gasteiger partial charge is 0.301 e. The number of ether oxygens (including phenoxy) is 3. The second-order valence-corrected chi connectivity index (χ2v) is 7.84. The molecular weight excluding hydrogens is 448 g/mol. The van der Waals surface area contributed by atoms with Gasteiger partial charge in [0, 0.05) is 11.8 Å². The van der Waals surface area contributed by atoms with Gasteiger partial charge in [-0.25, -0.2) is 4.98 Å². The van der Waals surface area contributed by atoms with Gasteiger partial charge >= 0.3 is 5.91 Å². The fourth-order valence-electron chi connectivity index (χ4n) is 3.99. The van der Waals surface area contributed by atoms with E-state index in [4.69, 9.17) is 14.2 Å². The third-order valence-corrected chi connectivity index (χ3v) is 5.66. The second-order valence-electron chi connectivity index (χ2n) is 7.84. The summed E-state index contributed by atoms with van der Waals surface area (Å²) in [5.74, 6) is -0.0240. The van der Waals surface area contributed by atoms with Crippen molar-refractivity contribution >= 4 is 23.3 Å². The maximum absolute atomic E-state index is 13.3. The summed E-state index contributed by atoms with van der Waals surface area (Å²) in [5.41, 5.74) is 0.894. The quantitative estimate of drug-likeness (QED) is 0.291. The van der Waals surface area contributed by atoms with Crippen molar-refractivity contribution in [2.24, 2.45) is 0 Å². The van der Waals surface area contributed by atoms with Gasteiger partial charge in [0.1, 0.15) is 17.3 Å². The van der Waals surface area contributed by atoms with Crippen molar-refractivity contribution in [2.75, 3.05) is 25.7 Å². The number of hydrogen-bond acceptors (Lipinski definition) is 7. The van der Waals surface area contributed by atoms with Gasteiger partial charge in [0.05, 0.1) is 32.4 Å². The number of amides is 1. The van der Waals surface area contributed by atoms with E-state index in [2.05, 4.69) is 4.98 Å². The lowest BCUT2D eigenvalue weighted by Gasteiger charge is -2.25. The highest BCUT2D eigenvalue weighted by Crippen LogP contribution is 2.43. The highest BCUT2D eigenvalue weighted by molar-refractivity contribution is 6.51. The van der Waals surface area contributed by atoms with Crippen molar-refractivity contribution < 1.29 is 28.9 Å². The van der Waals surface area contributed by atoms with Crippen molar-refractivity contribution in [1.82, 2.24) is 4.98 Å². The Hall–Kier alpha value is -4.33. The molecule has 180 valence electrons. The summed E-state index contributed by atoms with van der Waals surface area (Å²) in [6.45, 7) is 2.58. The number of nitrogens with zero attached hydrogens (tertiary/aromatic N) is 2. The average Bonchev–Trinajstić information content (AvgIpc) is 3.17. The number of carbonyl (C=O) groups is 2. The molecule has 0 bridgehead atoms. The normalized spacial score (nSPS) is 16.9. The molecule has 0 aliphatic carbocycles. The Morgan fingerprint density at radius 3 is 2.37 bits per heavy atom. The Bertz CT molecular complexity index is 1250. The molecule has 1 aliphatic rings. The lowest BCUT2D eigenvalue weighted by molar-refractivity contribution is -0.132. The molecule has 35 heavy (non-hydrogen) atoms. The van der Waals surface area contributed by atoms with Crippen LogP contribution in [0.4, 0.5) is 5.82 Å². The largest absolute Gasteiger partial charge is 0.507 e. The summed E-state index contributed by atoms with van der Waals surface area (Å²) in [4.78, 5) is 32.0. The van der Waals surface area contributed by atoms with Crippen LogP contribution in [0.3, 0.4) is 0 Å². The number of aromatic nitrogens is 1. The number of benzene rings is 2. The van der Waals surface area contributed by atoms with Crippen LogP contribution in [0.1, 0.15) is 30.5 Å². The van der Waals surface area contributed by atoms with Crippen molar-refractivity contribution in [2.45, 2.75) is 19.4 Å². The van der Waals surface area contributed by atoms with E-state index in [1.807, 2.05) is 6.92 Å². The van der Waals surface area contributed by atoms with Crippen LogP contribution in [0.2, 0.25) is 0 Å². The topological polar surface area (TPSA) is 98.2 Å². The summed E-state index contributed by atoms with van der Waals surface area (Å²) in [6, 6.07) is 16.0. The molecular formula is C27H26N2O6. The van der Waals surface area contributed by atoms with E-state index in [1.54, 1.807) is 60.7 Å². The molecule has 1 unspecified atom stereocenters. The third kappa shape index (κ3) is 4.55. The SMILES string of the molecule is CCCOc1ccc(C(O)=C2C(=O)C(=O)N(c3ccccn3)C2c2ccc(OC)c(OC)c2)cc1. The van der Waals surface area contributed by atoms with Crippen LogP contribution in [0.15, 0.2) is 72.4 Å². The Morgan fingerprint density at radius 1 is 1.00 bits per heavy atom. The minimum atomic E-state index is -0.930. The molecule has 4 rings (SSSR count). The number of aliphatic hydroxyl groups is 1. The van der Waals surface area contributed by atoms with E-state index in [9.17, 15) is 14.7 Å². The number of methoxy groups -OCH3 is 2. The standard InChI is InChI=1S/C27H26N2O6/c1-4-15-35-19-11-8-17(9-12-19)25(30)23-24(18-10-13-20(33-2)21(16-18)34-3)29(27(32)26(23)31)22-7-5-6-14-28-22/h5-14,16,24,30H,4,15H2,1-3H3. The molecule has 1 N–H and O–H groups in total. The van der Waals surface area contributed by atoms with E-state index >= 15 is 0 Å². The number of pyridine rings is 1. The lowest BCUT2D eigenvalue weighted by atomic mass is 9.95. The Balaban J connectivity index is 1.87. The first kappa shape index (κ1) is 23.8. The van der Waals surface area contributed by atoms with Crippen LogP contribution in [-0.4, -0.2) is 42.6 Å². The van der Waals surface area contributed by atoms with Gasteiger partial charge in [-0.15, -0.1) is 0 Å². The molecule has 1 aromatic heterocycles. The van der Waals surface area contributed by atoms with E-state index < -0.39 is 17.7 Å². The number of anilines is 1. The molecule has 0 spiro atoms. The van der Waals surface area contributed by atoms with Crippen LogP contribution >= 0.6 is 0 Å². The molecule has 2 aromatic carbocycles. The molecule has 1 saturated heterocycles. The molecule has 1 fully saturated rings. The van der Waals surface area contributed by atoms with Gasteiger partial charge < -0.3 is 19.3 Å². The van der Waals surface area contributed by atoms with Gasteiger partial charge in [0.15, 0.2) is 11.5 Å². The van der Waals surface area contributed by atoms with Crippen LogP contribution < -0.4 is 19.1 Å². The van der Waals surface area contributed by atoms with E-state index in [1.165, 1.54) is 25.3 Å². The summed E-state index contributed by atoms with van der Waals surface area (Å²) in [6.07, 6.45) is 2.40. The maximum Gasteiger partial charge on any atom is 0.301 e. The lowest BCUT2D eigenvalue weighted by Crippen LogP contribution is -2.30. The molecule has 8 nitrogen and oxygen atoms in total. The molecule has 0 saturated carbocycles. The fraction of sp³-hybridized carbons (Fsp3) is 0.222. The molecule has 8 heteroatoms. The van der Waals surface area contributed by atoms with Gasteiger partial charge in [-0.3, -0.25) is 14.5 Å². The second kappa shape index (κ2) is 10.3. The number of hydrogen-bond donors (Lipinski definition) is 1. The van der Waals surface area contributed by atoms with Crippen LogP contribution in [0, 0.1) is 0 Å². The summed E-state index contributed by atoms with van der Waals surface area (Å²) in [5, 5.41) is 11.3. The van der Waals surface area contributed by atoms with Crippen molar-refractivity contribution in [1.29, 1.82) is 0 Å². The predicted octanol–water partition coefficient (Wildman–Crippen LogP) is 4.51. The number of carbonyl (C=O) groups excluding carboxylic acids is 2. The van der Waals surface area contributed by atoms with E-state index in [0.717, 1.165) is 6.42 Å². The summed E-state index contributed by atoms with van der Waals surface area (Å²) < 4.78 is 16.4. The first-order valence-corrected chi connectivity index (χ1v) is 11.2. The minimum Gasteiger partial charge on any atom is -0.507 e. The highest BCUT2D eigenvalue weighted by atomic mass is 16.5. The molecule has 3 aromatic rings. The maximum atomic E-state index is 13.3. The summed E-state index contributed by atoms with van der Waals surface area (Å²) >= 11 is 0. The Labute approximate surface area is 203 Å². The number of rotatable bonds is 8. The van der Waals surface area contributed by atoms with Crippen LogP contribution in [0.5, 0.6) is 17.2 Å². The first-order valence-electron chi connectivity index (χ1n) is 11.2. The first-order chi connectivity index (χ1) is 17.0. The monoisotopic (exact) mass is 474 g/mol. The predicted molar refractivity (Wildman–Crippen MR) is 131 cm³/mol. The van der Waals surface area contributed by atoms with Crippen molar-refractivity contribution in [3.8, 4) is 17.2 Å². The van der Waals surface area contributed by atoms with Gasteiger partial charge in [-0.1, -0.05) is 19.1 Å². The van der Waals surface area contributed by atoms with Crippen molar-refractivity contribution in [3.05, 3.63) is 83.6 Å². The zero-order chi connectivity index (χ0) is 24.9. The Morgan fingerprint density at radius 2 is 1.74 bits per heavy atom. The van der Waals surface area contributed by atoms with E-state index in [0.29, 0.717) is 35.0 Å². The van der Waals surface area contributed by atoms with Crippen LogP contribution in [0.25, 0.3) is 5.76 Å². The third-order valence-electron chi connectivity index (χ3n) is 5.66. The minimum absolute atomic E-state index is 0.0462. The Kier molecular flexibility index (Phi) is 7.01. The molecule has 1 aliphatic heterocycles. The molecule has 1 amide bonds. The number of aliphatic hydroxyl groups excluding tert-OH is 1. The van der Waals surface area contributed by atoms with Crippen molar-refractivity contribution in [3.63, 3.8) is 0 Å². The molecule has 1 atom stereocenters. The number of Topliss-reactive ketones (excluding diaryl/α,β-unsaturated/α-hetero) is 1.